The van der Waals surface area contributed by atoms with Crippen LogP contribution in [0.15, 0.2) is 30.3 Å². The lowest BCUT2D eigenvalue weighted by atomic mass is 10.0. The summed E-state index contributed by atoms with van der Waals surface area (Å²) < 4.78 is 5.41. The molecule has 1 aromatic rings. The number of benzene rings is 1. The van der Waals surface area contributed by atoms with E-state index >= 15 is 0 Å². The van der Waals surface area contributed by atoms with E-state index in [4.69, 9.17) is 9.84 Å². The number of carboxylic acid groups (broad SMARTS) is 1. The van der Waals surface area contributed by atoms with E-state index in [0.717, 1.165) is 13.0 Å². The first-order valence-electron chi connectivity index (χ1n) is 6.76. The minimum atomic E-state index is -0.757. The number of hydrogen-bond donors (Lipinski definition) is 1. The molecule has 1 N–H and O–H groups in total. The van der Waals surface area contributed by atoms with Crippen LogP contribution in [0.2, 0.25) is 0 Å². The number of hydrogen-bond acceptors (Lipinski definition) is 3. The van der Waals surface area contributed by atoms with Gasteiger partial charge in [0.25, 0.3) is 0 Å². The van der Waals surface area contributed by atoms with Gasteiger partial charge in [-0.05, 0) is 18.9 Å². The van der Waals surface area contributed by atoms with Crippen LogP contribution in [0.4, 0.5) is 0 Å². The van der Waals surface area contributed by atoms with E-state index in [2.05, 4.69) is 24.0 Å². The van der Waals surface area contributed by atoms with Gasteiger partial charge in [0.1, 0.15) is 0 Å². The fraction of sp³-hybridized carbons (Fsp3) is 0.533. The second-order valence-electron chi connectivity index (χ2n) is 5.10. The molecule has 1 saturated heterocycles. The highest BCUT2D eigenvalue weighted by atomic mass is 16.5. The molecule has 4 heteroatoms. The summed E-state index contributed by atoms with van der Waals surface area (Å²) in [6, 6.07) is 10.6. The number of nitrogens with zero attached hydrogens (tertiary/aromatic N) is 1. The maximum absolute atomic E-state index is 10.9. The standard InChI is InChI=1S/C15H21NO3/c1-12(9-13-5-3-2-4-6-13)16-7-8-19-11-14(16)10-15(17)18/h2-6,12,14H,7-11H2,1H3,(H,17,18). The Bertz CT molecular complexity index is 407. The van der Waals surface area contributed by atoms with Gasteiger partial charge in [-0.25, -0.2) is 0 Å². The summed E-state index contributed by atoms with van der Waals surface area (Å²) in [6.45, 7) is 4.18. The van der Waals surface area contributed by atoms with Gasteiger partial charge in [-0.15, -0.1) is 0 Å². The summed E-state index contributed by atoms with van der Waals surface area (Å²) in [5.74, 6) is -0.757. The number of morpholine rings is 1. The molecule has 0 bridgehead atoms. The zero-order chi connectivity index (χ0) is 13.7. The van der Waals surface area contributed by atoms with Gasteiger partial charge < -0.3 is 9.84 Å². The molecule has 19 heavy (non-hydrogen) atoms. The van der Waals surface area contributed by atoms with Crippen molar-refractivity contribution in [1.29, 1.82) is 0 Å². The van der Waals surface area contributed by atoms with Crippen LogP contribution in [0.25, 0.3) is 0 Å². The van der Waals surface area contributed by atoms with Gasteiger partial charge >= 0.3 is 5.97 Å². The van der Waals surface area contributed by atoms with Gasteiger partial charge in [0.15, 0.2) is 0 Å². The third-order valence-electron chi connectivity index (χ3n) is 3.62. The molecule has 2 rings (SSSR count). The highest BCUT2D eigenvalue weighted by Gasteiger charge is 2.28. The zero-order valence-corrected chi connectivity index (χ0v) is 11.3. The normalized spacial score (nSPS) is 22.1. The molecular weight excluding hydrogens is 242 g/mol. The Labute approximate surface area is 114 Å². The van der Waals surface area contributed by atoms with Crippen molar-refractivity contribution in [3.8, 4) is 0 Å². The number of aliphatic carboxylic acids is 1. The molecule has 104 valence electrons. The van der Waals surface area contributed by atoms with E-state index in [1.165, 1.54) is 5.56 Å². The van der Waals surface area contributed by atoms with E-state index in [0.29, 0.717) is 19.3 Å². The molecule has 1 heterocycles. The van der Waals surface area contributed by atoms with Crippen molar-refractivity contribution in [2.75, 3.05) is 19.8 Å². The molecule has 1 fully saturated rings. The predicted octanol–water partition coefficient (Wildman–Crippen LogP) is 1.79. The smallest absolute Gasteiger partial charge is 0.305 e. The van der Waals surface area contributed by atoms with Gasteiger partial charge in [0.05, 0.1) is 19.6 Å². The molecule has 1 aliphatic heterocycles. The van der Waals surface area contributed by atoms with E-state index in [1.807, 2.05) is 18.2 Å². The van der Waals surface area contributed by atoms with Crippen molar-refractivity contribution in [1.82, 2.24) is 4.90 Å². The number of ether oxygens (including phenoxy) is 1. The molecule has 2 unspecified atom stereocenters. The van der Waals surface area contributed by atoms with Crippen molar-refractivity contribution >= 4 is 5.97 Å². The first-order chi connectivity index (χ1) is 9.16. The van der Waals surface area contributed by atoms with Gasteiger partial charge in [-0.3, -0.25) is 9.69 Å². The highest BCUT2D eigenvalue weighted by molar-refractivity contribution is 5.67. The maximum atomic E-state index is 10.9. The molecule has 1 aliphatic rings. The largest absolute Gasteiger partial charge is 0.481 e. The van der Waals surface area contributed by atoms with Crippen LogP contribution < -0.4 is 0 Å². The molecule has 2 atom stereocenters. The van der Waals surface area contributed by atoms with Gasteiger partial charge in [0, 0.05) is 18.6 Å². The fourth-order valence-electron chi connectivity index (χ4n) is 2.70. The maximum Gasteiger partial charge on any atom is 0.305 e. The Balaban J connectivity index is 1.98. The van der Waals surface area contributed by atoms with E-state index in [9.17, 15) is 4.79 Å². The summed E-state index contributed by atoms with van der Waals surface area (Å²) in [5.41, 5.74) is 1.29. The van der Waals surface area contributed by atoms with Crippen LogP contribution in [0.5, 0.6) is 0 Å². The van der Waals surface area contributed by atoms with Crippen LogP contribution in [0.1, 0.15) is 18.9 Å². The molecule has 0 radical (unpaired) electrons. The summed E-state index contributed by atoms with van der Waals surface area (Å²) in [6.07, 6.45) is 1.09. The first-order valence-corrected chi connectivity index (χ1v) is 6.76. The molecule has 0 amide bonds. The van der Waals surface area contributed by atoms with Crippen LogP contribution in [-0.2, 0) is 16.0 Å². The van der Waals surface area contributed by atoms with Gasteiger partial charge in [-0.1, -0.05) is 30.3 Å². The summed E-state index contributed by atoms with van der Waals surface area (Å²) in [5, 5.41) is 8.97. The lowest BCUT2D eigenvalue weighted by molar-refractivity contribution is -0.140. The molecular formula is C15H21NO3. The van der Waals surface area contributed by atoms with Crippen molar-refractivity contribution in [3.05, 3.63) is 35.9 Å². The molecule has 0 spiro atoms. The Hall–Kier alpha value is -1.39. The molecule has 1 aromatic carbocycles. The third-order valence-corrected chi connectivity index (χ3v) is 3.62. The first kappa shape index (κ1) is 14.0. The average molecular weight is 263 g/mol. The molecule has 4 nitrogen and oxygen atoms in total. The monoisotopic (exact) mass is 263 g/mol. The van der Waals surface area contributed by atoms with Crippen molar-refractivity contribution in [3.63, 3.8) is 0 Å². The van der Waals surface area contributed by atoms with Crippen LogP contribution in [-0.4, -0.2) is 47.8 Å². The summed E-state index contributed by atoms with van der Waals surface area (Å²) >= 11 is 0. The highest BCUT2D eigenvalue weighted by Crippen LogP contribution is 2.17. The van der Waals surface area contributed by atoms with Crippen molar-refractivity contribution in [2.45, 2.75) is 31.8 Å². The summed E-state index contributed by atoms with van der Waals surface area (Å²) in [7, 11) is 0. The topological polar surface area (TPSA) is 49.8 Å². The van der Waals surface area contributed by atoms with Crippen LogP contribution >= 0.6 is 0 Å². The van der Waals surface area contributed by atoms with Crippen molar-refractivity contribution in [2.24, 2.45) is 0 Å². The SMILES string of the molecule is CC(Cc1ccccc1)N1CCOCC1CC(=O)O. The Morgan fingerprint density at radius 3 is 2.89 bits per heavy atom. The quantitative estimate of drug-likeness (QED) is 0.880. The number of carbonyl (C=O) groups is 1. The Kier molecular flexibility index (Phi) is 4.93. The predicted molar refractivity (Wildman–Crippen MR) is 73.2 cm³/mol. The van der Waals surface area contributed by atoms with Crippen LogP contribution in [0, 0.1) is 0 Å². The lowest BCUT2D eigenvalue weighted by Gasteiger charge is -2.39. The number of rotatable bonds is 5. The second kappa shape index (κ2) is 6.68. The lowest BCUT2D eigenvalue weighted by Crippen LogP contribution is -2.51. The minimum absolute atomic E-state index is 0.00929. The van der Waals surface area contributed by atoms with E-state index in [1.54, 1.807) is 0 Å². The summed E-state index contributed by atoms with van der Waals surface area (Å²) in [4.78, 5) is 13.2. The van der Waals surface area contributed by atoms with E-state index in [-0.39, 0.29) is 12.5 Å². The Morgan fingerprint density at radius 2 is 2.21 bits per heavy atom. The third kappa shape index (κ3) is 4.04. The molecule has 0 aliphatic carbocycles. The molecule has 0 saturated carbocycles. The fourth-order valence-corrected chi connectivity index (χ4v) is 2.70. The van der Waals surface area contributed by atoms with Crippen molar-refractivity contribution < 1.29 is 14.6 Å². The second-order valence-corrected chi connectivity index (χ2v) is 5.10. The minimum Gasteiger partial charge on any atom is -0.481 e. The molecule has 0 aromatic heterocycles. The van der Waals surface area contributed by atoms with E-state index < -0.39 is 5.97 Å². The Morgan fingerprint density at radius 1 is 1.47 bits per heavy atom. The average Bonchev–Trinajstić information content (AvgIpc) is 2.39. The van der Waals surface area contributed by atoms with Crippen LogP contribution in [0.3, 0.4) is 0 Å². The van der Waals surface area contributed by atoms with Gasteiger partial charge in [-0.2, -0.15) is 0 Å². The zero-order valence-electron chi connectivity index (χ0n) is 11.3. The van der Waals surface area contributed by atoms with Gasteiger partial charge in [0.2, 0.25) is 0 Å². The number of carboxylic acids is 1.